The van der Waals surface area contributed by atoms with Gasteiger partial charge in [0.1, 0.15) is 0 Å². The van der Waals surface area contributed by atoms with Crippen molar-refractivity contribution >= 4 is 11.8 Å². The standard InChI is InChI=1S/C12H21N3O2/c1-9(2)15-5-4-10(15)12(17)14-7-6-13(3)11(16)8-14/h9-10H,4-8H2,1-3H3/t10-/m0/s1. The number of carbonyl (C=O) groups is 2. The lowest BCUT2D eigenvalue weighted by molar-refractivity contribution is -0.151. The Balaban J connectivity index is 1.94. The number of carbonyl (C=O) groups excluding carboxylic acids is 2. The van der Waals surface area contributed by atoms with Crippen LogP contribution >= 0.6 is 0 Å². The van der Waals surface area contributed by atoms with Crippen molar-refractivity contribution in [2.24, 2.45) is 0 Å². The van der Waals surface area contributed by atoms with Gasteiger partial charge in [0.25, 0.3) is 0 Å². The predicted molar refractivity (Wildman–Crippen MR) is 64.5 cm³/mol. The van der Waals surface area contributed by atoms with Gasteiger partial charge in [0.2, 0.25) is 11.8 Å². The van der Waals surface area contributed by atoms with Crippen LogP contribution in [0.25, 0.3) is 0 Å². The van der Waals surface area contributed by atoms with E-state index in [9.17, 15) is 9.59 Å². The van der Waals surface area contributed by atoms with Gasteiger partial charge in [0, 0.05) is 32.7 Å². The topological polar surface area (TPSA) is 43.9 Å². The van der Waals surface area contributed by atoms with Crippen molar-refractivity contribution in [3.63, 3.8) is 0 Å². The van der Waals surface area contributed by atoms with Gasteiger partial charge in [-0.25, -0.2) is 0 Å². The van der Waals surface area contributed by atoms with Crippen molar-refractivity contribution in [2.75, 3.05) is 33.2 Å². The van der Waals surface area contributed by atoms with E-state index in [4.69, 9.17) is 0 Å². The lowest BCUT2D eigenvalue weighted by atomic mass is 9.99. The maximum atomic E-state index is 12.3. The SMILES string of the molecule is CC(C)N1CC[C@H]1C(=O)N1CCN(C)C(=O)C1. The number of hydrogen-bond donors (Lipinski definition) is 0. The van der Waals surface area contributed by atoms with Gasteiger partial charge in [-0.15, -0.1) is 0 Å². The Labute approximate surface area is 102 Å². The molecule has 2 saturated heterocycles. The Morgan fingerprint density at radius 2 is 2.00 bits per heavy atom. The van der Waals surface area contributed by atoms with E-state index in [1.807, 2.05) is 0 Å². The molecule has 2 heterocycles. The first kappa shape index (κ1) is 12.4. The Kier molecular flexibility index (Phi) is 3.38. The highest BCUT2D eigenvalue weighted by molar-refractivity contribution is 5.89. The summed E-state index contributed by atoms with van der Waals surface area (Å²) in [5, 5.41) is 0. The molecule has 0 aromatic rings. The molecule has 0 bridgehead atoms. The molecule has 0 spiro atoms. The van der Waals surface area contributed by atoms with E-state index in [0.29, 0.717) is 19.1 Å². The van der Waals surface area contributed by atoms with Crippen molar-refractivity contribution in [1.29, 1.82) is 0 Å². The lowest BCUT2D eigenvalue weighted by Crippen LogP contribution is -2.62. The van der Waals surface area contributed by atoms with Crippen LogP contribution in [0.3, 0.4) is 0 Å². The van der Waals surface area contributed by atoms with Crippen LogP contribution in [-0.2, 0) is 9.59 Å². The summed E-state index contributed by atoms with van der Waals surface area (Å²) in [6, 6.07) is 0.409. The average Bonchev–Trinajstić information content (AvgIpc) is 2.19. The molecule has 5 heteroatoms. The molecule has 2 fully saturated rings. The second-order valence-electron chi connectivity index (χ2n) is 5.21. The average molecular weight is 239 g/mol. The van der Waals surface area contributed by atoms with Crippen LogP contribution in [0.15, 0.2) is 0 Å². The minimum atomic E-state index is 0.00575. The van der Waals surface area contributed by atoms with Gasteiger partial charge in [-0.1, -0.05) is 0 Å². The Hall–Kier alpha value is -1.10. The van der Waals surface area contributed by atoms with Crippen molar-refractivity contribution in [3.8, 4) is 0 Å². The smallest absolute Gasteiger partial charge is 0.241 e. The van der Waals surface area contributed by atoms with Gasteiger partial charge in [-0.3, -0.25) is 14.5 Å². The molecule has 17 heavy (non-hydrogen) atoms. The van der Waals surface area contributed by atoms with Gasteiger partial charge >= 0.3 is 0 Å². The third kappa shape index (κ3) is 2.29. The van der Waals surface area contributed by atoms with E-state index in [2.05, 4.69) is 18.7 Å². The van der Waals surface area contributed by atoms with Crippen LogP contribution in [0.4, 0.5) is 0 Å². The fourth-order valence-corrected chi connectivity index (χ4v) is 2.45. The summed E-state index contributed by atoms with van der Waals surface area (Å²) in [5.41, 5.74) is 0. The molecule has 2 aliphatic rings. The molecule has 5 nitrogen and oxygen atoms in total. The molecule has 0 aromatic heterocycles. The Morgan fingerprint density at radius 3 is 2.47 bits per heavy atom. The van der Waals surface area contributed by atoms with E-state index in [1.165, 1.54) is 0 Å². The molecule has 2 aliphatic heterocycles. The first-order chi connectivity index (χ1) is 8.00. The zero-order chi connectivity index (χ0) is 12.6. The van der Waals surface area contributed by atoms with Crippen molar-refractivity contribution in [2.45, 2.75) is 32.4 Å². The second-order valence-corrected chi connectivity index (χ2v) is 5.21. The number of likely N-dealkylation sites (N-methyl/N-ethyl adjacent to an activating group) is 1. The molecule has 0 radical (unpaired) electrons. The molecule has 2 amide bonds. The van der Waals surface area contributed by atoms with Crippen molar-refractivity contribution in [3.05, 3.63) is 0 Å². The molecule has 2 rings (SSSR count). The summed E-state index contributed by atoms with van der Waals surface area (Å²) in [7, 11) is 1.79. The fourth-order valence-electron chi connectivity index (χ4n) is 2.45. The maximum absolute atomic E-state index is 12.3. The molecule has 1 atom stereocenters. The zero-order valence-corrected chi connectivity index (χ0v) is 10.8. The van der Waals surface area contributed by atoms with Crippen molar-refractivity contribution in [1.82, 2.24) is 14.7 Å². The van der Waals surface area contributed by atoms with Crippen LogP contribution < -0.4 is 0 Å². The summed E-state index contributed by atoms with van der Waals surface area (Å²) >= 11 is 0. The van der Waals surface area contributed by atoms with Crippen LogP contribution in [0.5, 0.6) is 0 Å². The van der Waals surface area contributed by atoms with Crippen molar-refractivity contribution < 1.29 is 9.59 Å². The highest BCUT2D eigenvalue weighted by Gasteiger charge is 2.39. The summed E-state index contributed by atoms with van der Waals surface area (Å²) < 4.78 is 0. The number of nitrogens with zero attached hydrogens (tertiary/aromatic N) is 3. The molecular formula is C12H21N3O2. The van der Waals surface area contributed by atoms with Crippen LogP contribution in [-0.4, -0.2) is 71.8 Å². The van der Waals surface area contributed by atoms with E-state index in [1.54, 1.807) is 16.8 Å². The molecule has 0 unspecified atom stereocenters. The first-order valence-electron chi connectivity index (χ1n) is 6.29. The highest BCUT2D eigenvalue weighted by Crippen LogP contribution is 2.22. The van der Waals surface area contributed by atoms with E-state index >= 15 is 0 Å². The molecule has 0 aliphatic carbocycles. The van der Waals surface area contributed by atoms with Gasteiger partial charge in [-0.05, 0) is 20.3 Å². The van der Waals surface area contributed by atoms with E-state index in [0.717, 1.165) is 13.0 Å². The van der Waals surface area contributed by atoms with Crippen LogP contribution in [0, 0.1) is 0 Å². The van der Waals surface area contributed by atoms with Gasteiger partial charge < -0.3 is 9.80 Å². The number of rotatable bonds is 2. The van der Waals surface area contributed by atoms with Gasteiger partial charge in [-0.2, -0.15) is 0 Å². The minimum Gasteiger partial charge on any atom is -0.342 e. The number of hydrogen-bond acceptors (Lipinski definition) is 3. The summed E-state index contributed by atoms with van der Waals surface area (Å²) in [6.45, 7) is 6.78. The Bertz CT molecular complexity index is 330. The number of piperazine rings is 1. The van der Waals surface area contributed by atoms with E-state index < -0.39 is 0 Å². The third-order valence-corrected chi connectivity index (χ3v) is 3.78. The lowest BCUT2D eigenvalue weighted by Gasteiger charge is -2.45. The Morgan fingerprint density at radius 1 is 1.29 bits per heavy atom. The molecular weight excluding hydrogens is 218 g/mol. The summed E-state index contributed by atoms with van der Waals surface area (Å²) in [6.07, 6.45) is 0.928. The molecule has 96 valence electrons. The quantitative estimate of drug-likeness (QED) is 0.668. The first-order valence-corrected chi connectivity index (χ1v) is 6.29. The van der Waals surface area contributed by atoms with Crippen LogP contribution in [0.1, 0.15) is 20.3 Å². The monoisotopic (exact) mass is 239 g/mol. The number of amides is 2. The molecule has 0 saturated carbocycles. The second kappa shape index (κ2) is 4.64. The molecule has 0 N–H and O–H groups in total. The normalized spacial score (nSPS) is 26.4. The predicted octanol–water partition coefficient (Wildman–Crippen LogP) is -0.230. The van der Waals surface area contributed by atoms with Gasteiger partial charge in [0.05, 0.1) is 12.6 Å². The largest absolute Gasteiger partial charge is 0.342 e. The van der Waals surface area contributed by atoms with Gasteiger partial charge in [0.15, 0.2) is 0 Å². The summed E-state index contributed by atoms with van der Waals surface area (Å²) in [4.78, 5) is 29.4. The number of likely N-dealkylation sites (tertiary alicyclic amines) is 1. The highest BCUT2D eigenvalue weighted by atomic mass is 16.2. The summed E-state index contributed by atoms with van der Waals surface area (Å²) in [5.74, 6) is 0.173. The minimum absolute atomic E-state index is 0.00575. The fraction of sp³-hybridized carbons (Fsp3) is 0.833. The third-order valence-electron chi connectivity index (χ3n) is 3.78. The molecule has 0 aromatic carbocycles. The zero-order valence-electron chi connectivity index (χ0n) is 10.8. The maximum Gasteiger partial charge on any atom is 0.241 e. The van der Waals surface area contributed by atoms with Crippen LogP contribution in [0.2, 0.25) is 0 Å². The van der Waals surface area contributed by atoms with E-state index in [-0.39, 0.29) is 24.4 Å².